The Morgan fingerprint density at radius 3 is 2.56 bits per heavy atom. The topological polar surface area (TPSA) is 67.1 Å². The maximum absolute atomic E-state index is 13.1. The second-order valence-corrected chi connectivity index (χ2v) is 6.81. The van der Waals surface area contributed by atoms with Crippen molar-refractivity contribution in [3.8, 4) is 0 Å². The first-order valence-corrected chi connectivity index (χ1v) is 8.96. The first-order chi connectivity index (χ1) is 12.0. The number of rotatable bonds is 7. The highest BCUT2D eigenvalue weighted by Gasteiger charge is 2.23. The third-order valence-corrected chi connectivity index (χ3v) is 4.59. The highest BCUT2D eigenvalue weighted by atomic mass is 19.1. The number of nitrogens with one attached hydrogen (secondary N) is 4. The third kappa shape index (κ3) is 6.80. The van der Waals surface area contributed by atoms with Gasteiger partial charge in [-0.3, -0.25) is 9.59 Å². The first-order valence-electron chi connectivity index (χ1n) is 8.96. The fraction of sp³-hybridized carbons (Fsp3) is 0.556. The summed E-state index contributed by atoms with van der Waals surface area (Å²) in [6, 6.07) is 6.01. The van der Waals surface area contributed by atoms with Crippen LogP contribution in [0.2, 0.25) is 0 Å². The number of likely N-dealkylation sites (N-methyl/N-ethyl adjacent to an activating group) is 1. The second kappa shape index (κ2) is 9.48. The van der Waals surface area contributed by atoms with Gasteiger partial charge in [-0.2, -0.15) is 0 Å². The van der Waals surface area contributed by atoms with Crippen LogP contribution in [-0.2, 0) is 9.59 Å². The number of halogens is 1. The van der Waals surface area contributed by atoms with Gasteiger partial charge in [0.1, 0.15) is 5.82 Å². The van der Waals surface area contributed by atoms with Crippen molar-refractivity contribution in [2.45, 2.75) is 25.8 Å². The van der Waals surface area contributed by atoms with E-state index in [4.69, 9.17) is 0 Å². The molecule has 6 nitrogen and oxygen atoms in total. The van der Waals surface area contributed by atoms with Gasteiger partial charge in [0.25, 0.3) is 11.8 Å². The van der Waals surface area contributed by atoms with Crippen LogP contribution in [0.5, 0.6) is 0 Å². The molecule has 1 aliphatic rings. The zero-order valence-corrected chi connectivity index (χ0v) is 15.0. The van der Waals surface area contributed by atoms with Gasteiger partial charge >= 0.3 is 0 Å². The van der Waals surface area contributed by atoms with Gasteiger partial charge in [-0.15, -0.1) is 0 Å². The van der Waals surface area contributed by atoms with Crippen molar-refractivity contribution < 1.29 is 23.8 Å². The van der Waals surface area contributed by atoms with Crippen molar-refractivity contribution in [1.29, 1.82) is 0 Å². The molecule has 1 unspecified atom stereocenters. The molecule has 0 bridgehead atoms. The van der Waals surface area contributed by atoms with Crippen molar-refractivity contribution in [1.82, 2.24) is 5.32 Å². The van der Waals surface area contributed by atoms with Gasteiger partial charge in [0.15, 0.2) is 13.1 Å². The fourth-order valence-corrected chi connectivity index (χ4v) is 3.18. The normalized spacial score (nSPS) is 21.4. The van der Waals surface area contributed by atoms with E-state index < -0.39 is 5.82 Å². The van der Waals surface area contributed by atoms with Gasteiger partial charge in [-0.1, -0.05) is 6.07 Å². The second-order valence-electron chi connectivity index (χ2n) is 6.81. The number of anilines is 1. The van der Waals surface area contributed by atoms with Crippen LogP contribution in [0.25, 0.3) is 0 Å². The maximum atomic E-state index is 13.1. The van der Waals surface area contributed by atoms with Crippen molar-refractivity contribution in [2.24, 2.45) is 0 Å². The molecule has 0 spiro atoms. The highest BCUT2D eigenvalue weighted by Crippen LogP contribution is 2.08. The molecule has 1 aromatic carbocycles. The molecule has 0 radical (unpaired) electrons. The van der Waals surface area contributed by atoms with E-state index in [9.17, 15) is 14.0 Å². The number of benzene rings is 1. The molecule has 1 aliphatic heterocycles. The predicted octanol–water partition coefficient (Wildman–Crippen LogP) is -1.54. The number of hydrogen-bond donors (Lipinski definition) is 4. The first kappa shape index (κ1) is 19.3. The number of quaternary nitrogens is 2. The van der Waals surface area contributed by atoms with Crippen molar-refractivity contribution >= 4 is 17.5 Å². The lowest BCUT2D eigenvalue weighted by Gasteiger charge is -2.29. The zero-order valence-electron chi connectivity index (χ0n) is 15.0. The number of amides is 2. The zero-order chi connectivity index (χ0) is 18.2. The number of carbonyl (C=O) groups is 2. The largest absolute Gasteiger partial charge is 0.348 e. The lowest BCUT2D eigenvalue weighted by molar-refractivity contribution is -0.903. The summed E-state index contributed by atoms with van der Waals surface area (Å²) < 4.78 is 13.1. The van der Waals surface area contributed by atoms with Crippen molar-refractivity contribution in [2.75, 3.05) is 45.1 Å². The van der Waals surface area contributed by atoms with Crippen LogP contribution in [0.15, 0.2) is 24.3 Å². The van der Waals surface area contributed by atoms with E-state index in [1.165, 1.54) is 12.1 Å². The molecule has 1 aromatic rings. The highest BCUT2D eigenvalue weighted by molar-refractivity contribution is 5.91. The van der Waals surface area contributed by atoms with E-state index in [0.29, 0.717) is 5.69 Å². The monoisotopic (exact) mass is 352 g/mol. The average molecular weight is 352 g/mol. The molecular formula is C18H29FN4O2+2. The molecule has 1 heterocycles. The van der Waals surface area contributed by atoms with Gasteiger partial charge in [-0.25, -0.2) is 4.39 Å². The van der Waals surface area contributed by atoms with Crippen LogP contribution < -0.4 is 20.4 Å². The molecule has 0 aliphatic carbocycles. The van der Waals surface area contributed by atoms with Crippen molar-refractivity contribution in [3.05, 3.63) is 30.1 Å². The van der Waals surface area contributed by atoms with Gasteiger partial charge < -0.3 is 20.4 Å². The van der Waals surface area contributed by atoms with E-state index >= 15 is 0 Å². The Balaban J connectivity index is 1.69. The lowest BCUT2D eigenvalue weighted by atomic mass is 10.1. The van der Waals surface area contributed by atoms with Gasteiger partial charge in [0, 0.05) is 24.6 Å². The molecule has 2 rings (SSSR count). The van der Waals surface area contributed by atoms with Crippen LogP contribution in [0.4, 0.5) is 10.1 Å². The standard InChI is InChI=1S/C18H27FN4O2/c1-3-23-9-7-15(8-10-23)20-17(24)12-22(2)13-18(25)21-16-6-4-5-14(19)11-16/h4-6,11,15H,3,7-10,12-13H2,1-2H3,(H,20,24)(H,21,25)/p+2. The summed E-state index contributed by atoms with van der Waals surface area (Å²) in [6.07, 6.45) is 2.02. The molecule has 25 heavy (non-hydrogen) atoms. The minimum Gasteiger partial charge on any atom is -0.348 e. The van der Waals surface area contributed by atoms with Crippen LogP contribution in [-0.4, -0.2) is 57.6 Å². The maximum Gasteiger partial charge on any atom is 0.279 e. The molecule has 0 saturated carbocycles. The third-order valence-electron chi connectivity index (χ3n) is 4.59. The minimum atomic E-state index is -0.395. The SMILES string of the molecule is CC[NH+]1CCC(NC(=O)C[NH+](C)CC(=O)Nc2cccc(F)c2)CC1. The summed E-state index contributed by atoms with van der Waals surface area (Å²) in [5.74, 6) is -0.661. The molecule has 138 valence electrons. The van der Waals surface area contributed by atoms with Crippen LogP contribution in [0.3, 0.4) is 0 Å². The summed E-state index contributed by atoms with van der Waals surface area (Å²) >= 11 is 0. The molecule has 2 amide bonds. The average Bonchev–Trinajstić information content (AvgIpc) is 2.55. The molecule has 0 aromatic heterocycles. The van der Waals surface area contributed by atoms with E-state index in [-0.39, 0.29) is 30.9 Å². The molecule has 4 N–H and O–H groups in total. The van der Waals surface area contributed by atoms with E-state index in [1.807, 2.05) is 0 Å². The van der Waals surface area contributed by atoms with E-state index in [1.54, 1.807) is 24.1 Å². The Labute approximate surface area is 148 Å². The van der Waals surface area contributed by atoms with Crippen LogP contribution in [0, 0.1) is 5.82 Å². The minimum absolute atomic E-state index is 0.0268. The van der Waals surface area contributed by atoms with E-state index in [0.717, 1.165) is 37.4 Å². The summed E-state index contributed by atoms with van der Waals surface area (Å²) in [6.45, 7) is 5.91. The summed E-state index contributed by atoms with van der Waals surface area (Å²) in [7, 11) is 1.80. The molecule has 1 saturated heterocycles. The van der Waals surface area contributed by atoms with Gasteiger partial charge in [0.2, 0.25) is 0 Å². The number of piperidine rings is 1. The van der Waals surface area contributed by atoms with Crippen LogP contribution >= 0.6 is 0 Å². The lowest BCUT2D eigenvalue weighted by Crippen LogP contribution is -3.13. The number of likely N-dealkylation sites (tertiary alicyclic amines) is 1. The predicted molar refractivity (Wildman–Crippen MR) is 94.1 cm³/mol. The number of hydrogen-bond acceptors (Lipinski definition) is 2. The molecule has 1 atom stereocenters. The Kier molecular flexibility index (Phi) is 7.33. The molecular weight excluding hydrogens is 323 g/mol. The summed E-state index contributed by atoms with van der Waals surface area (Å²) in [5.41, 5.74) is 0.424. The molecule has 1 fully saturated rings. The Morgan fingerprint density at radius 1 is 1.24 bits per heavy atom. The van der Waals surface area contributed by atoms with E-state index in [2.05, 4.69) is 17.6 Å². The number of carbonyl (C=O) groups excluding carboxylic acids is 2. The Bertz CT molecular complexity index is 588. The Hall–Kier alpha value is -1.99. The molecule has 7 heteroatoms. The van der Waals surface area contributed by atoms with Crippen molar-refractivity contribution in [3.63, 3.8) is 0 Å². The van der Waals surface area contributed by atoms with Crippen LogP contribution in [0.1, 0.15) is 19.8 Å². The van der Waals surface area contributed by atoms with Gasteiger partial charge in [-0.05, 0) is 25.1 Å². The fourth-order valence-electron chi connectivity index (χ4n) is 3.18. The summed E-state index contributed by atoms with van der Waals surface area (Å²) in [5, 5.41) is 5.72. The summed E-state index contributed by atoms with van der Waals surface area (Å²) in [4.78, 5) is 26.5. The Morgan fingerprint density at radius 2 is 1.92 bits per heavy atom. The van der Waals surface area contributed by atoms with Gasteiger partial charge in [0.05, 0.1) is 26.7 Å². The smallest absolute Gasteiger partial charge is 0.279 e. The quantitative estimate of drug-likeness (QED) is 0.481.